The van der Waals surface area contributed by atoms with Crippen LogP contribution in [0.3, 0.4) is 0 Å². The minimum atomic E-state index is -0.221. The Balaban J connectivity index is 2.16. The molecular formula is C13H13ClO3. The van der Waals surface area contributed by atoms with Gasteiger partial charge in [-0.25, -0.2) is 0 Å². The molecule has 0 atom stereocenters. The third kappa shape index (κ3) is 2.86. The Morgan fingerprint density at radius 3 is 2.71 bits per heavy atom. The molecule has 1 aliphatic rings. The third-order valence-corrected chi connectivity index (χ3v) is 3.06. The minimum absolute atomic E-state index is 0.0250. The van der Waals surface area contributed by atoms with Crippen LogP contribution in [0.2, 0.25) is 5.02 Å². The summed E-state index contributed by atoms with van der Waals surface area (Å²) in [6, 6.07) is 4.83. The first-order valence-electron chi connectivity index (χ1n) is 5.51. The average molecular weight is 253 g/mol. The SMILES string of the molecule is COc1ccc(Cl)cc1C(=O)CC(=O)C1CC1. The summed E-state index contributed by atoms with van der Waals surface area (Å²) in [6.07, 6.45) is 1.78. The summed E-state index contributed by atoms with van der Waals surface area (Å²) < 4.78 is 5.09. The number of ketones is 2. The van der Waals surface area contributed by atoms with Gasteiger partial charge in [0, 0.05) is 10.9 Å². The molecule has 4 heteroatoms. The van der Waals surface area contributed by atoms with Crippen LogP contribution in [0.5, 0.6) is 5.75 Å². The largest absolute Gasteiger partial charge is 0.496 e. The van der Waals surface area contributed by atoms with Gasteiger partial charge in [-0.1, -0.05) is 11.6 Å². The van der Waals surface area contributed by atoms with E-state index in [-0.39, 0.29) is 23.9 Å². The second-order valence-electron chi connectivity index (χ2n) is 4.19. The van der Waals surface area contributed by atoms with E-state index in [0.717, 1.165) is 12.8 Å². The highest BCUT2D eigenvalue weighted by Gasteiger charge is 2.31. The first-order chi connectivity index (χ1) is 8.11. The van der Waals surface area contributed by atoms with Gasteiger partial charge in [0.15, 0.2) is 5.78 Å². The molecule has 90 valence electrons. The van der Waals surface area contributed by atoms with Gasteiger partial charge in [-0.2, -0.15) is 0 Å². The van der Waals surface area contributed by atoms with Crippen molar-refractivity contribution >= 4 is 23.2 Å². The number of Topliss-reactive ketones (excluding diaryl/α,β-unsaturated/α-hetero) is 2. The van der Waals surface area contributed by atoms with Gasteiger partial charge >= 0.3 is 0 Å². The zero-order chi connectivity index (χ0) is 12.4. The van der Waals surface area contributed by atoms with E-state index in [1.54, 1.807) is 18.2 Å². The fourth-order valence-electron chi connectivity index (χ4n) is 1.70. The number of benzene rings is 1. The van der Waals surface area contributed by atoms with Gasteiger partial charge in [-0.05, 0) is 31.0 Å². The van der Waals surface area contributed by atoms with Gasteiger partial charge in [0.25, 0.3) is 0 Å². The number of halogens is 1. The number of ether oxygens (including phenoxy) is 1. The lowest BCUT2D eigenvalue weighted by molar-refractivity contribution is -0.119. The summed E-state index contributed by atoms with van der Waals surface area (Å²) in [5.41, 5.74) is 0.383. The van der Waals surface area contributed by atoms with E-state index in [9.17, 15) is 9.59 Å². The van der Waals surface area contributed by atoms with Crippen molar-refractivity contribution in [2.45, 2.75) is 19.3 Å². The second-order valence-corrected chi connectivity index (χ2v) is 4.62. The number of carbonyl (C=O) groups is 2. The highest BCUT2D eigenvalue weighted by atomic mass is 35.5. The fraction of sp³-hybridized carbons (Fsp3) is 0.385. The van der Waals surface area contributed by atoms with E-state index in [4.69, 9.17) is 16.3 Å². The average Bonchev–Trinajstić information content (AvgIpc) is 3.12. The number of hydrogen-bond donors (Lipinski definition) is 0. The van der Waals surface area contributed by atoms with E-state index < -0.39 is 0 Å². The molecule has 0 amide bonds. The van der Waals surface area contributed by atoms with E-state index in [0.29, 0.717) is 16.3 Å². The molecule has 1 aliphatic carbocycles. The van der Waals surface area contributed by atoms with Gasteiger partial charge in [0.05, 0.1) is 19.1 Å². The Kier molecular flexibility index (Phi) is 3.48. The molecule has 0 radical (unpaired) electrons. The Morgan fingerprint density at radius 1 is 1.41 bits per heavy atom. The molecule has 1 aromatic carbocycles. The maximum absolute atomic E-state index is 12.0. The summed E-state index contributed by atoms with van der Waals surface area (Å²) >= 11 is 5.84. The first-order valence-corrected chi connectivity index (χ1v) is 5.89. The minimum Gasteiger partial charge on any atom is -0.496 e. The maximum atomic E-state index is 12.0. The lowest BCUT2D eigenvalue weighted by atomic mass is 10.0. The monoisotopic (exact) mass is 252 g/mol. The van der Waals surface area contributed by atoms with Crippen LogP contribution in [-0.2, 0) is 4.79 Å². The Hall–Kier alpha value is -1.35. The van der Waals surface area contributed by atoms with Crippen molar-refractivity contribution in [2.75, 3.05) is 7.11 Å². The predicted octanol–water partition coefficient (Wildman–Crippen LogP) is 2.90. The molecule has 0 saturated heterocycles. The number of hydrogen-bond acceptors (Lipinski definition) is 3. The van der Waals surface area contributed by atoms with Crippen LogP contribution in [0.15, 0.2) is 18.2 Å². The Morgan fingerprint density at radius 2 is 2.12 bits per heavy atom. The smallest absolute Gasteiger partial charge is 0.174 e. The quantitative estimate of drug-likeness (QED) is 0.598. The number of rotatable bonds is 5. The van der Waals surface area contributed by atoms with Crippen LogP contribution in [0.25, 0.3) is 0 Å². The van der Waals surface area contributed by atoms with Crippen molar-refractivity contribution in [3.63, 3.8) is 0 Å². The highest BCUT2D eigenvalue weighted by molar-refractivity contribution is 6.31. The van der Waals surface area contributed by atoms with E-state index >= 15 is 0 Å². The van der Waals surface area contributed by atoms with Crippen molar-refractivity contribution in [1.29, 1.82) is 0 Å². The molecule has 0 aromatic heterocycles. The van der Waals surface area contributed by atoms with E-state index in [1.807, 2.05) is 0 Å². The summed E-state index contributed by atoms with van der Waals surface area (Å²) in [4.78, 5) is 23.5. The van der Waals surface area contributed by atoms with Crippen molar-refractivity contribution < 1.29 is 14.3 Å². The molecule has 1 aromatic rings. The Bertz CT molecular complexity index is 464. The standard InChI is InChI=1S/C13H13ClO3/c1-17-13-5-4-9(14)6-10(13)12(16)7-11(15)8-2-3-8/h4-6,8H,2-3,7H2,1H3. The maximum Gasteiger partial charge on any atom is 0.174 e. The van der Waals surface area contributed by atoms with Crippen LogP contribution in [0.4, 0.5) is 0 Å². The summed E-state index contributed by atoms with van der Waals surface area (Å²) in [7, 11) is 1.49. The van der Waals surface area contributed by atoms with Crippen LogP contribution in [0, 0.1) is 5.92 Å². The molecule has 0 bridgehead atoms. The van der Waals surface area contributed by atoms with Crippen molar-refractivity contribution in [1.82, 2.24) is 0 Å². The van der Waals surface area contributed by atoms with Crippen LogP contribution >= 0.6 is 11.6 Å². The fourth-order valence-corrected chi connectivity index (χ4v) is 1.87. The molecule has 17 heavy (non-hydrogen) atoms. The van der Waals surface area contributed by atoms with Crippen LogP contribution in [0.1, 0.15) is 29.6 Å². The van der Waals surface area contributed by atoms with Gasteiger partial charge in [0.1, 0.15) is 11.5 Å². The molecule has 0 spiro atoms. The molecule has 0 heterocycles. The van der Waals surface area contributed by atoms with Gasteiger partial charge in [0.2, 0.25) is 0 Å². The molecule has 0 N–H and O–H groups in total. The van der Waals surface area contributed by atoms with E-state index in [1.165, 1.54) is 7.11 Å². The van der Waals surface area contributed by atoms with Gasteiger partial charge in [-0.3, -0.25) is 9.59 Å². The van der Waals surface area contributed by atoms with Crippen LogP contribution in [-0.4, -0.2) is 18.7 Å². The normalized spacial score (nSPS) is 14.5. The molecule has 0 unspecified atom stereocenters. The molecule has 0 aliphatic heterocycles. The molecular weight excluding hydrogens is 240 g/mol. The topological polar surface area (TPSA) is 43.4 Å². The second kappa shape index (κ2) is 4.88. The lowest BCUT2D eigenvalue weighted by Gasteiger charge is -2.07. The third-order valence-electron chi connectivity index (χ3n) is 2.83. The molecule has 3 nitrogen and oxygen atoms in total. The van der Waals surface area contributed by atoms with Gasteiger partial charge < -0.3 is 4.74 Å². The zero-order valence-electron chi connectivity index (χ0n) is 9.53. The molecule has 1 fully saturated rings. The number of carbonyl (C=O) groups excluding carboxylic acids is 2. The van der Waals surface area contributed by atoms with Crippen molar-refractivity contribution in [2.24, 2.45) is 5.92 Å². The van der Waals surface area contributed by atoms with Gasteiger partial charge in [-0.15, -0.1) is 0 Å². The number of methoxy groups -OCH3 is 1. The summed E-state index contributed by atoms with van der Waals surface area (Å²) in [5.74, 6) is 0.366. The predicted molar refractivity (Wildman–Crippen MR) is 64.7 cm³/mol. The Labute approximate surface area is 105 Å². The zero-order valence-corrected chi connectivity index (χ0v) is 10.3. The highest BCUT2D eigenvalue weighted by Crippen LogP contribution is 2.32. The van der Waals surface area contributed by atoms with Crippen LogP contribution < -0.4 is 4.74 Å². The first kappa shape index (κ1) is 12.1. The molecule has 2 rings (SSSR count). The van der Waals surface area contributed by atoms with Crippen molar-refractivity contribution in [3.05, 3.63) is 28.8 Å². The van der Waals surface area contributed by atoms with E-state index in [2.05, 4.69) is 0 Å². The summed E-state index contributed by atoms with van der Waals surface area (Å²) in [5, 5.41) is 0.466. The van der Waals surface area contributed by atoms with Crippen molar-refractivity contribution in [3.8, 4) is 5.75 Å². The summed E-state index contributed by atoms with van der Waals surface area (Å²) in [6.45, 7) is 0. The lowest BCUT2D eigenvalue weighted by Crippen LogP contribution is -2.10. The molecule has 1 saturated carbocycles.